The number of unbranched alkanes of at least 4 members (excludes halogenated alkanes) is 1. The van der Waals surface area contributed by atoms with Gasteiger partial charge in [0.25, 0.3) is 0 Å². The Kier molecular flexibility index (Phi) is 6.76. The van der Waals surface area contributed by atoms with Crippen molar-refractivity contribution in [3.63, 3.8) is 0 Å². The van der Waals surface area contributed by atoms with Gasteiger partial charge in [-0.1, -0.05) is 6.07 Å². The molecule has 0 spiro atoms. The molecular formula is C15H22N2O5S2. The maximum absolute atomic E-state index is 12.2. The van der Waals surface area contributed by atoms with Crippen LogP contribution in [0.1, 0.15) is 38.5 Å². The van der Waals surface area contributed by atoms with Crippen molar-refractivity contribution in [1.29, 1.82) is 0 Å². The van der Waals surface area contributed by atoms with Crippen molar-refractivity contribution < 1.29 is 23.1 Å². The van der Waals surface area contributed by atoms with E-state index in [0.717, 1.165) is 0 Å². The highest BCUT2D eigenvalue weighted by Crippen LogP contribution is 2.19. The Balaban J connectivity index is 1.73. The van der Waals surface area contributed by atoms with Gasteiger partial charge in [-0.2, -0.15) is 0 Å². The molecule has 1 aliphatic heterocycles. The summed E-state index contributed by atoms with van der Waals surface area (Å²) in [5, 5.41) is 10.3. The molecule has 1 aromatic heterocycles. The number of carbonyl (C=O) groups excluding carboxylic acids is 1. The van der Waals surface area contributed by atoms with Gasteiger partial charge in [-0.3, -0.25) is 9.59 Å². The first-order chi connectivity index (χ1) is 11.4. The lowest BCUT2D eigenvalue weighted by Crippen LogP contribution is -2.46. The highest BCUT2D eigenvalue weighted by molar-refractivity contribution is 7.91. The number of nitrogens with zero attached hydrogens (tertiary/aromatic N) is 1. The normalized spacial score (nSPS) is 16.2. The van der Waals surface area contributed by atoms with Gasteiger partial charge in [0.15, 0.2) is 0 Å². The number of thiophene rings is 1. The number of likely N-dealkylation sites (tertiary alicyclic amines) is 1. The maximum Gasteiger partial charge on any atom is 0.303 e. The lowest BCUT2D eigenvalue weighted by Gasteiger charge is -2.32. The molecule has 0 unspecified atom stereocenters. The molecule has 2 N–H and O–H groups in total. The second-order valence-electron chi connectivity index (χ2n) is 5.81. The predicted octanol–water partition coefficient (Wildman–Crippen LogP) is 1.66. The number of piperidine rings is 1. The van der Waals surface area contributed by atoms with Crippen LogP contribution in [-0.4, -0.2) is 49.4 Å². The molecule has 2 rings (SSSR count). The second kappa shape index (κ2) is 8.59. The number of hydrogen-bond acceptors (Lipinski definition) is 5. The number of carbonyl (C=O) groups is 2. The Morgan fingerprint density at radius 1 is 1.25 bits per heavy atom. The van der Waals surface area contributed by atoms with E-state index in [2.05, 4.69) is 4.72 Å². The average Bonchev–Trinajstić information content (AvgIpc) is 3.07. The molecule has 7 nitrogen and oxygen atoms in total. The van der Waals surface area contributed by atoms with Crippen LogP contribution < -0.4 is 4.72 Å². The summed E-state index contributed by atoms with van der Waals surface area (Å²) >= 11 is 1.18. The molecule has 1 saturated heterocycles. The van der Waals surface area contributed by atoms with E-state index in [1.54, 1.807) is 22.4 Å². The van der Waals surface area contributed by atoms with Gasteiger partial charge >= 0.3 is 5.97 Å². The number of amides is 1. The molecule has 1 aromatic rings. The molecule has 0 aliphatic carbocycles. The Hall–Kier alpha value is -1.45. The molecule has 0 atom stereocenters. The summed E-state index contributed by atoms with van der Waals surface area (Å²) in [7, 11) is -3.47. The summed E-state index contributed by atoms with van der Waals surface area (Å²) in [5.74, 6) is -0.832. The minimum Gasteiger partial charge on any atom is -0.481 e. The predicted molar refractivity (Wildman–Crippen MR) is 90.3 cm³/mol. The molecule has 2 heterocycles. The molecule has 0 saturated carbocycles. The van der Waals surface area contributed by atoms with Crippen molar-refractivity contribution in [3.8, 4) is 0 Å². The topological polar surface area (TPSA) is 104 Å². The van der Waals surface area contributed by atoms with Gasteiger partial charge in [-0.25, -0.2) is 13.1 Å². The number of carboxylic acids is 1. The van der Waals surface area contributed by atoms with Crippen LogP contribution in [0, 0.1) is 0 Å². The van der Waals surface area contributed by atoms with Gasteiger partial charge in [0.1, 0.15) is 4.21 Å². The number of hydrogen-bond donors (Lipinski definition) is 2. The van der Waals surface area contributed by atoms with E-state index in [-0.39, 0.29) is 18.4 Å². The fourth-order valence-electron chi connectivity index (χ4n) is 2.65. The monoisotopic (exact) mass is 374 g/mol. The number of nitrogens with one attached hydrogen (secondary N) is 1. The summed E-state index contributed by atoms with van der Waals surface area (Å²) in [6.45, 7) is 1.05. The van der Waals surface area contributed by atoms with Crippen LogP contribution in [0.2, 0.25) is 0 Å². The standard InChI is InChI=1S/C15H22N2O5S2/c18-13(4-1-2-5-14(19)20)17-9-7-12(8-10-17)16-24(21,22)15-6-3-11-23-15/h3,6,11-12,16H,1-2,4-5,7-10H2,(H,19,20). The Bertz CT molecular complexity index is 649. The first-order valence-corrected chi connectivity index (χ1v) is 10.3. The van der Waals surface area contributed by atoms with E-state index < -0.39 is 16.0 Å². The van der Waals surface area contributed by atoms with Crippen LogP contribution in [0.3, 0.4) is 0 Å². The van der Waals surface area contributed by atoms with Gasteiger partial charge in [-0.05, 0) is 37.1 Å². The highest BCUT2D eigenvalue weighted by atomic mass is 32.2. The summed E-state index contributed by atoms with van der Waals surface area (Å²) in [4.78, 5) is 24.2. The zero-order chi connectivity index (χ0) is 17.6. The summed E-state index contributed by atoms with van der Waals surface area (Å²) < 4.78 is 27.4. The van der Waals surface area contributed by atoms with Crippen molar-refractivity contribution in [3.05, 3.63) is 17.5 Å². The van der Waals surface area contributed by atoms with Crippen molar-refractivity contribution in [2.24, 2.45) is 0 Å². The van der Waals surface area contributed by atoms with Crippen LogP contribution in [-0.2, 0) is 19.6 Å². The van der Waals surface area contributed by atoms with Crippen molar-refractivity contribution in [2.75, 3.05) is 13.1 Å². The maximum atomic E-state index is 12.2. The first-order valence-electron chi connectivity index (χ1n) is 7.94. The van der Waals surface area contributed by atoms with Gasteiger partial charge in [-0.15, -0.1) is 11.3 Å². The van der Waals surface area contributed by atoms with Crippen molar-refractivity contribution >= 4 is 33.2 Å². The third-order valence-corrected chi connectivity index (χ3v) is 6.88. The molecule has 1 aliphatic rings. The molecule has 24 heavy (non-hydrogen) atoms. The largest absolute Gasteiger partial charge is 0.481 e. The number of sulfonamides is 1. The van der Waals surface area contributed by atoms with Crippen LogP contribution in [0.25, 0.3) is 0 Å². The molecule has 0 radical (unpaired) electrons. The lowest BCUT2D eigenvalue weighted by molar-refractivity contribution is -0.137. The smallest absolute Gasteiger partial charge is 0.303 e. The SMILES string of the molecule is O=C(O)CCCCC(=O)N1CCC(NS(=O)(=O)c2cccs2)CC1. The summed E-state index contributed by atoms with van der Waals surface area (Å²) in [6, 6.07) is 3.11. The summed E-state index contributed by atoms with van der Waals surface area (Å²) in [5.41, 5.74) is 0. The highest BCUT2D eigenvalue weighted by Gasteiger charge is 2.26. The fraction of sp³-hybridized carbons (Fsp3) is 0.600. The Morgan fingerprint density at radius 3 is 2.50 bits per heavy atom. The van der Waals surface area contributed by atoms with E-state index in [4.69, 9.17) is 5.11 Å². The van der Waals surface area contributed by atoms with Crippen molar-refractivity contribution in [2.45, 2.75) is 48.8 Å². The number of rotatable bonds is 8. The number of carboxylic acid groups (broad SMARTS) is 1. The molecular weight excluding hydrogens is 352 g/mol. The van der Waals surface area contributed by atoms with E-state index in [0.29, 0.717) is 49.4 Å². The van der Waals surface area contributed by atoms with Gasteiger partial charge in [0.05, 0.1) is 0 Å². The van der Waals surface area contributed by atoms with Crippen LogP contribution in [0.15, 0.2) is 21.7 Å². The Morgan fingerprint density at radius 2 is 1.92 bits per heavy atom. The van der Waals surface area contributed by atoms with Crippen molar-refractivity contribution in [1.82, 2.24) is 9.62 Å². The van der Waals surface area contributed by atoms with E-state index >= 15 is 0 Å². The average molecular weight is 374 g/mol. The third kappa shape index (κ3) is 5.57. The molecule has 1 amide bonds. The van der Waals surface area contributed by atoms with Crippen LogP contribution in [0.5, 0.6) is 0 Å². The van der Waals surface area contributed by atoms with Crippen LogP contribution >= 0.6 is 11.3 Å². The lowest BCUT2D eigenvalue weighted by atomic mass is 10.1. The zero-order valence-corrected chi connectivity index (χ0v) is 14.9. The molecule has 9 heteroatoms. The molecule has 0 bridgehead atoms. The van der Waals surface area contributed by atoms with Crippen LogP contribution in [0.4, 0.5) is 0 Å². The molecule has 134 valence electrons. The minimum absolute atomic E-state index is 0.0138. The first kappa shape index (κ1) is 18.9. The molecule has 0 aromatic carbocycles. The van der Waals surface area contributed by atoms with Gasteiger partial charge < -0.3 is 10.0 Å². The second-order valence-corrected chi connectivity index (χ2v) is 8.70. The quantitative estimate of drug-likeness (QED) is 0.674. The van der Waals surface area contributed by atoms with E-state index in [9.17, 15) is 18.0 Å². The molecule has 1 fully saturated rings. The van der Waals surface area contributed by atoms with Gasteiger partial charge in [0, 0.05) is 32.0 Å². The van der Waals surface area contributed by atoms with E-state index in [1.165, 1.54) is 11.3 Å². The zero-order valence-electron chi connectivity index (χ0n) is 13.3. The van der Waals surface area contributed by atoms with Gasteiger partial charge in [0.2, 0.25) is 15.9 Å². The minimum atomic E-state index is -3.47. The third-order valence-electron chi connectivity index (χ3n) is 3.96. The van der Waals surface area contributed by atoms with E-state index in [1.807, 2.05) is 0 Å². The number of aliphatic carboxylic acids is 1. The Labute approximate surface area is 145 Å². The fourth-order valence-corrected chi connectivity index (χ4v) is 4.97. The summed E-state index contributed by atoms with van der Waals surface area (Å²) in [6.07, 6.45) is 2.67.